The van der Waals surface area contributed by atoms with Crippen molar-refractivity contribution in [2.45, 2.75) is 25.9 Å². The minimum Gasteiger partial charge on any atom is -0.352 e. The molecular formula is C24H22FN3O. The molecule has 4 rings (SSSR count). The summed E-state index contributed by atoms with van der Waals surface area (Å²) < 4.78 is 16.7. The Bertz CT molecular complexity index is 1150. The molecular weight excluding hydrogens is 365 g/mol. The van der Waals surface area contributed by atoms with Crippen molar-refractivity contribution in [3.05, 3.63) is 90.2 Å². The highest BCUT2D eigenvalue weighted by Gasteiger charge is 2.30. The Hall–Kier alpha value is -3.47. The Kier molecular flexibility index (Phi) is 5.12. The Morgan fingerprint density at radius 2 is 1.59 bits per heavy atom. The van der Waals surface area contributed by atoms with Crippen molar-refractivity contribution in [1.29, 1.82) is 0 Å². The van der Waals surface area contributed by atoms with Gasteiger partial charge in [0.05, 0.1) is 11.0 Å². The number of fused-ring (bicyclic) bond motifs is 1. The maximum Gasteiger partial charge on any atom is 0.248 e. The number of nitrogens with one attached hydrogen (secondary N) is 1. The summed E-state index contributed by atoms with van der Waals surface area (Å²) in [6.07, 6.45) is 0. The fourth-order valence-electron chi connectivity index (χ4n) is 3.55. The van der Waals surface area contributed by atoms with Gasteiger partial charge in [-0.25, -0.2) is 9.37 Å². The van der Waals surface area contributed by atoms with E-state index in [1.807, 2.05) is 73.0 Å². The van der Waals surface area contributed by atoms with E-state index in [1.165, 1.54) is 6.07 Å². The number of hydrogen-bond donors (Lipinski definition) is 1. The van der Waals surface area contributed by atoms with Crippen LogP contribution in [0.2, 0.25) is 0 Å². The number of carbonyl (C=O) groups is 1. The highest BCUT2D eigenvalue weighted by atomic mass is 19.1. The molecule has 0 aliphatic heterocycles. The van der Waals surface area contributed by atoms with Crippen LogP contribution in [0.3, 0.4) is 0 Å². The average Bonchev–Trinajstić information content (AvgIpc) is 3.09. The molecule has 29 heavy (non-hydrogen) atoms. The number of halogens is 1. The van der Waals surface area contributed by atoms with Crippen LogP contribution in [0.1, 0.15) is 25.5 Å². The predicted octanol–water partition coefficient (Wildman–Crippen LogP) is 4.96. The summed E-state index contributed by atoms with van der Waals surface area (Å²) in [6.45, 7) is 3.78. The van der Waals surface area contributed by atoms with E-state index < -0.39 is 11.9 Å². The molecule has 1 aromatic heterocycles. The first-order valence-corrected chi connectivity index (χ1v) is 9.63. The van der Waals surface area contributed by atoms with E-state index in [1.54, 1.807) is 18.2 Å². The summed E-state index contributed by atoms with van der Waals surface area (Å²) in [7, 11) is 0. The van der Waals surface area contributed by atoms with Crippen LogP contribution in [0.15, 0.2) is 78.9 Å². The van der Waals surface area contributed by atoms with Crippen LogP contribution < -0.4 is 5.32 Å². The fourth-order valence-corrected chi connectivity index (χ4v) is 3.55. The van der Waals surface area contributed by atoms with Crippen LogP contribution in [-0.4, -0.2) is 21.5 Å². The van der Waals surface area contributed by atoms with Crippen molar-refractivity contribution < 1.29 is 9.18 Å². The van der Waals surface area contributed by atoms with Gasteiger partial charge in [-0.3, -0.25) is 4.79 Å². The lowest BCUT2D eigenvalue weighted by Gasteiger charge is -2.23. The van der Waals surface area contributed by atoms with Crippen molar-refractivity contribution in [3.8, 4) is 11.4 Å². The molecule has 0 aliphatic rings. The number of rotatable bonds is 5. The number of hydrogen-bond acceptors (Lipinski definition) is 2. The summed E-state index contributed by atoms with van der Waals surface area (Å²) in [5.41, 5.74) is 2.71. The molecule has 1 N–H and O–H groups in total. The highest BCUT2D eigenvalue weighted by Crippen LogP contribution is 2.33. The summed E-state index contributed by atoms with van der Waals surface area (Å²) in [6, 6.07) is 22.7. The van der Waals surface area contributed by atoms with Gasteiger partial charge < -0.3 is 9.88 Å². The highest BCUT2D eigenvalue weighted by molar-refractivity contribution is 5.89. The van der Waals surface area contributed by atoms with E-state index in [9.17, 15) is 9.18 Å². The number of para-hydroxylation sites is 2. The van der Waals surface area contributed by atoms with Gasteiger partial charge in [-0.2, -0.15) is 0 Å². The summed E-state index contributed by atoms with van der Waals surface area (Å²) in [4.78, 5) is 18.1. The van der Waals surface area contributed by atoms with Gasteiger partial charge in [0.1, 0.15) is 17.7 Å². The molecule has 0 bridgehead atoms. The van der Waals surface area contributed by atoms with E-state index in [4.69, 9.17) is 4.98 Å². The molecule has 0 saturated heterocycles. The first-order valence-electron chi connectivity index (χ1n) is 9.63. The molecule has 3 aromatic carbocycles. The third-order valence-corrected chi connectivity index (χ3v) is 4.77. The second-order valence-electron chi connectivity index (χ2n) is 7.25. The maximum atomic E-state index is 14.8. The van der Waals surface area contributed by atoms with Gasteiger partial charge in [0.15, 0.2) is 0 Å². The predicted molar refractivity (Wildman–Crippen MR) is 113 cm³/mol. The molecule has 0 fully saturated rings. The molecule has 146 valence electrons. The van der Waals surface area contributed by atoms with Crippen LogP contribution >= 0.6 is 0 Å². The number of amides is 1. The van der Waals surface area contributed by atoms with E-state index in [0.717, 1.165) is 16.6 Å². The third-order valence-electron chi connectivity index (χ3n) is 4.77. The van der Waals surface area contributed by atoms with Crippen molar-refractivity contribution in [2.75, 3.05) is 0 Å². The molecule has 0 spiro atoms. The van der Waals surface area contributed by atoms with Crippen molar-refractivity contribution in [1.82, 2.24) is 14.9 Å². The lowest BCUT2D eigenvalue weighted by Crippen LogP contribution is -2.38. The number of benzene rings is 3. The molecule has 4 nitrogen and oxygen atoms in total. The zero-order valence-corrected chi connectivity index (χ0v) is 16.3. The Morgan fingerprint density at radius 3 is 2.31 bits per heavy atom. The molecule has 0 saturated carbocycles. The minimum atomic E-state index is -0.888. The average molecular weight is 387 g/mol. The van der Waals surface area contributed by atoms with Gasteiger partial charge in [0.2, 0.25) is 5.91 Å². The zero-order chi connectivity index (χ0) is 20.4. The van der Waals surface area contributed by atoms with Crippen LogP contribution in [0.25, 0.3) is 22.4 Å². The Morgan fingerprint density at radius 1 is 0.931 bits per heavy atom. The van der Waals surface area contributed by atoms with Crippen LogP contribution in [0.4, 0.5) is 4.39 Å². The Labute approximate surface area is 169 Å². The van der Waals surface area contributed by atoms with E-state index in [2.05, 4.69) is 5.32 Å². The molecule has 1 atom stereocenters. The second kappa shape index (κ2) is 7.87. The van der Waals surface area contributed by atoms with Gasteiger partial charge >= 0.3 is 0 Å². The third kappa shape index (κ3) is 3.63. The van der Waals surface area contributed by atoms with Crippen LogP contribution in [0, 0.1) is 5.82 Å². The quantitative estimate of drug-likeness (QED) is 0.526. The standard InChI is InChI=1S/C24H22FN3O/c1-16(2)26-24(29)22(18-12-6-7-13-19(18)25)28-21-15-9-8-14-20(21)27-23(28)17-10-4-3-5-11-17/h3-16,22H,1-2H3,(H,26,29). The number of carbonyl (C=O) groups excluding carboxylic acids is 1. The second-order valence-corrected chi connectivity index (χ2v) is 7.25. The van der Waals surface area contributed by atoms with Gasteiger partial charge in [-0.05, 0) is 32.0 Å². The fraction of sp³-hybridized carbons (Fsp3) is 0.167. The normalized spacial score (nSPS) is 12.3. The van der Waals surface area contributed by atoms with Crippen LogP contribution in [-0.2, 0) is 4.79 Å². The van der Waals surface area contributed by atoms with Gasteiger partial charge in [0.25, 0.3) is 0 Å². The molecule has 1 heterocycles. The zero-order valence-electron chi connectivity index (χ0n) is 16.3. The molecule has 0 radical (unpaired) electrons. The Balaban J connectivity index is 2.02. The van der Waals surface area contributed by atoms with E-state index >= 15 is 0 Å². The monoisotopic (exact) mass is 387 g/mol. The van der Waals surface area contributed by atoms with Crippen LogP contribution in [0.5, 0.6) is 0 Å². The number of nitrogens with zero attached hydrogens (tertiary/aromatic N) is 2. The molecule has 1 amide bonds. The SMILES string of the molecule is CC(C)NC(=O)C(c1ccccc1F)n1c(-c2ccccc2)nc2ccccc21. The van der Waals surface area contributed by atoms with E-state index in [0.29, 0.717) is 11.4 Å². The first kappa shape index (κ1) is 18.9. The summed E-state index contributed by atoms with van der Waals surface area (Å²) >= 11 is 0. The van der Waals surface area contributed by atoms with Crippen molar-refractivity contribution >= 4 is 16.9 Å². The van der Waals surface area contributed by atoms with Gasteiger partial charge in [-0.1, -0.05) is 60.7 Å². The van der Waals surface area contributed by atoms with Crippen molar-refractivity contribution in [3.63, 3.8) is 0 Å². The van der Waals surface area contributed by atoms with Crippen molar-refractivity contribution in [2.24, 2.45) is 0 Å². The molecule has 0 aliphatic carbocycles. The lowest BCUT2D eigenvalue weighted by atomic mass is 10.0. The van der Waals surface area contributed by atoms with Gasteiger partial charge in [-0.15, -0.1) is 0 Å². The smallest absolute Gasteiger partial charge is 0.248 e. The largest absolute Gasteiger partial charge is 0.352 e. The number of imidazole rings is 1. The number of aromatic nitrogens is 2. The lowest BCUT2D eigenvalue weighted by molar-refractivity contribution is -0.123. The maximum absolute atomic E-state index is 14.8. The first-order chi connectivity index (χ1) is 14.1. The summed E-state index contributed by atoms with van der Waals surface area (Å²) in [5, 5.41) is 2.95. The molecule has 4 aromatic rings. The summed E-state index contributed by atoms with van der Waals surface area (Å²) in [5.74, 6) is -0.0717. The topological polar surface area (TPSA) is 46.9 Å². The molecule has 1 unspecified atom stereocenters. The molecule has 5 heteroatoms. The minimum absolute atomic E-state index is 0.0771. The van der Waals surface area contributed by atoms with Gasteiger partial charge in [0, 0.05) is 17.2 Å². The van der Waals surface area contributed by atoms with E-state index in [-0.39, 0.29) is 11.9 Å².